The van der Waals surface area contributed by atoms with Crippen LogP contribution in [0, 0.1) is 0 Å². The van der Waals surface area contributed by atoms with Crippen molar-refractivity contribution in [3.05, 3.63) is 59.8 Å². The van der Waals surface area contributed by atoms with Crippen LogP contribution in [0.5, 0.6) is 5.75 Å². The highest BCUT2D eigenvalue weighted by Gasteiger charge is 2.30. The zero-order valence-electron chi connectivity index (χ0n) is 15.7. The molecule has 0 unspecified atom stereocenters. The number of fused-ring (bicyclic) bond motifs is 1. The minimum atomic E-state index is -4.41. The Morgan fingerprint density at radius 1 is 1.17 bits per heavy atom. The molecule has 0 bridgehead atoms. The molecule has 0 fully saturated rings. The number of methoxy groups -OCH3 is 1. The zero-order valence-corrected chi connectivity index (χ0v) is 15.7. The number of rotatable bonds is 8. The third-order valence-corrected chi connectivity index (χ3v) is 4.16. The molecule has 9 heteroatoms. The maximum absolute atomic E-state index is 12.7. The molecule has 0 atom stereocenters. The summed E-state index contributed by atoms with van der Waals surface area (Å²) in [7, 11) is 1.56. The Kier molecular flexibility index (Phi) is 6.38. The topological polar surface area (TPSA) is 65.4 Å². The van der Waals surface area contributed by atoms with Gasteiger partial charge in [0.05, 0.1) is 24.2 Å². The van der Waals surface area contributed by atoms with E-state index in [1.165, 1.54) is 12.1 Å². The van der Waals surface area contributed by atoms with Crippen molar-refractivity contribution in [1.82, 2.24) is 15.1 Å². The van der Waals surface area contributed by atoms with Gasteiger partial charge in [-0.3, -0.25) is 9.48 Å². The highest BCUT2D eigenvalue weighted by Crippen LogP contribution is 2.31. The summed E-state index contributed by atoms with van der Waals surface area (Å²) in [5.74, 6) is -0.0591. The average Bonchev–Trinajstić information content (AvgIpc) is 3.09. The first-order valence-corrected chi connectivity index (χ1v) is 8.91. The molecule has 1 heterocycles. The molecule has 0 aliphatic rings. The number of amides is 1. The molecule has 0 saturated heterocycles. The van der Waals surface area contributed by atoms with E-state index in [4.69, 9.17) is 9.47 Å². The molecule has 6 nitrogen and oxygen atoms in total. The number of hydrogen-bond acceptors (Lipinski definition) is 4. The largest absolute Gasteiger partial charge is 0.492 e. The van der Waals surface area contributed by atoms with Crippen LogP contribution in [0.2, 0.25) is 0 Å². The second-order valence-electron chi connectivity index (χ2n) is 6.29. The summed E-state index contributed by atoms with van der Waals surface area (Å²) in [6.07, 6.45) is -2.65. The summed E-state index contributed by atoms with van der Waals surface area (Å²) in [4.78, 5) is 12.1. The predicted octanol–water partition coefficient (Wildman–Crippen LogP) is 3.51. The number of hydrogen-bond donors (Lipinski definition) is 1. The van der Waals surface area contributed by atoms with Crippen molar-refractivity contribution < 1.29 is 27.4 Å². The van der Waals surface area contributed by atoms with Gasteiger partial charge in [0.1, 0.15) is 12.4 Å². The van der Waals surface area contributed by atoms with E-state index in [1.807, 2.05) is 0 Å². The maximum Gasteiger partial charge on any atom is 0.416 e. The fourth-order valence-corrected chi connectivity index (χ4v) is 2.72. The van der Waals surface area contributed by atoms with Crippen molar-refractivity contribution >= 4 is 16.8 Å². The van der Waals surface area contributed by atoms with Crippen LogP contribution in [0.1, 0.15) is 15.9 Å². The Morgan fingerprint density at radius 3 is 2.76 bits per heavy atom. The molecule has 1 amide bonds. The Hall–Kier alpha value is -3.07. The van der Waals surface area contributed by atoms with E-state index < -0.39 is 11.7 Å². The summed E-state index contributed by atoms with van der Waals surface area (Å²) in [5.41, 5.74) is 0.460. The lowest BCUT2D eigenvalue weighted by atomic mass is 10.1. The number of nitrogens with one attached hydrogen (secondary N) is 1. The fraction of sp³-hybridized carbons (Fsp3) is 0.300. The molecule has 0 spiro atoms. The molecule has 0 radical (unpaired) electrons. The molecule has 3 aromatic rings. The Bertz CT molecular complexity index is 986. The first-order valence-electron chi connectivity index (χ1n) is 8.91. The highest BCUT2D eigenvalue weighted by molar-refractivity contribution is 5.97. The van der Waals surface area contributed by atoms with E-state index in [-0.39, 0.29) is 18.3 Å². The lowest BCUT2D eigenvalue weighted by molar-refractivity contribution is -0.137. The minimum absolute atomic E-state index is 0.145. The Morgan fingerprint density at radius 2 is 2.00 bits per heavy atom. The third-order valence-electron chi connectivity index (χ3n) is 4.16. The van der Waals surface area contributed by atoms with Gasteiger partial charge in [-0.15, -0.1) is 0 Å². The van der Waals surface area contributed by atoms with Gasteiger partial charge < -0.3 is 14.8 Å². The summed E-state index contributed by atoms with van der Waals surface area (Å²) >= 11 is 0. The Balaban J connectivity index is 1.60. The van der Waals surface area contributed by atoms with Gasteiger partial charge in [-0.2, -0.15) is 18.3 Å². The van der Waals surface area contributed by atoms with E-state index in [0.29, 0.717) is 30.8 Å². The summed E-state index contributed by atoms with van der Waals surface area (Å²) in [6, 6.07) is 9.90. The van der Waals surface area contributed by atoms with Crippen LogP contribution in [0.4, 0.5) is 13.2 Å². The molecule has 0 aliphatic heterocycles. The van der Waals surface area contributed by atoms with Crippen molar-refractivity contribution in [3.63, 3.8) is 0 Å². The molecular formula is C20H20F3N3O3. The minimum Gasteiger partial charge on any atom is -0.492 e. The smallest absolute Gasteiger partial charge is 0.416 e. The lowest BCUT2D eigenvalue weighted by Crippen LogP contribution is -2.26. The number of carbonyl (C=O) groups excluding carboxylic acids is 1. The molecule has 0 saturated carbocycles. The molecule has 154 valence electrons. The maximum atomic E-state index is 12.7. The van der Waals surface area contributed by atoms with E-state index in [2.05, 4.69) is 10.4 Å². The number of nitrogens with zero attached hydrogens (tertiary/aromatic N) is 2. The van der Waals surface area contributed by atoms with Crippen LogP contribution in [0.15, 0.2) is 48.7 Å². The van der Waals surface area contributed by atoms with Crippen LogP contribution < -0.4 is 10.1 Å². The predicted molar refractivity (Wildman–Crippen MR) is 101 cm³/mol. The van der Waals surface area contributed by atoms with Crippen LogP contribution in [0.3, 0.4) is 0 Å². The van der Waals surface area contributed by atoms with Gasteiger partial charge in [0, 0.05) is 30.8 Å². The van der Waals surface area contributed by atoms with Gasteiger partial charge >= 0.3 is 6.18 Å². The number of halogens is 3. The van der Waals surface area contributed by atoms with E-state index >= 15 is 0 Å². The quantitative estimate of drug-likeness (QED) is 0.581. The number of ether oxygens (including phenoxy) is 2. The van der Waals surface area contributed by atoms with Gasteiger partial charge in [-0.25, -0.2) is 0 Å². The third kappa shape index (κ3) is 5.47. The normalized spacial score (nSPS) is 11.6. The van der Waals surface area contributed by atoms with Crippen LogP contribution in [0.25, 0.3) is 10.9 Å². The molecule has 1 N–H and O–H groups in total. The van der Waals surface area contributed by atoms with Crippen LogP contribution in [-0.2, 0) is 17.5 Å². The van der Waals surface area contributed by atoms with Gasteiger partial charge in [-0.1, -0.05) is 6.07 Å². The second kappa shape index (κ2) is 8.95. The second-order valence-corrected chi connectivity index (χ2v) is 6.29. The zero-order chi connectivity index (χ0) is 20.9. The average molecular weight is 407 g/mol. The first kappa shape index (κ1) is 20.7. The van der Waals surface area contributed by atoms with Gasteiger partial charge in [0.15, 0.2) is 0 Å². The molecule has 29 heavy (non-hydrogen) atoms. The highest BCUT2D eigenvalue weighted by atomic mass is 19.4. The van der Waals surface area contributed by atoms with Crippen LogP contribution in [-0.4, -0.2) is 42.6 Å². The molecular weight excluding hydrogens is 387 g/mol. The molecule has 1 aromatic heterocycles. The summed E-state index contributed by atoms with van der Waals surface area (Å²) in [5, 5.41) is 7.91. The summed E-state index contributed by atoms with van der Waals surface area (Å²) < 4.78 is 50.2. The van der Waals surface area contributed by atoms with Gasteiger partial charge in [0.2, 0.25) is 0 Å². The number of alkyl halides is 3. The van der Waals surface area contributed by atoms with Gasteiger partial charge in [-0.05, 0) is 36.4 Å². The van der Waals surface area contributed by atoms with Crippen molar-refractivity contribution in [2.75, 3.05) is 26.9 Å². The van der Waals surface area contributed by atoms with E-state index in [0.717, 1.165) is 17.5 Å². The monoisotopic (exact) mass is 407 g/mol. The summed E-state index contributed by atoms with van der Waals surface area (Å²) in [6.45, 7) is 1.34. The lowest BCUT2D eigenvalue weighted by Gasteiger charge is -2.10. The fourth-order valence-electron chi connectivity index (χ4n) is 2.72. The SMILES string of the molecule is COCCNC(=O)c1ccc2nn(CCOc3cccc(C(F)(F)F)c3)cc2c1. The van der Waals surface area contributed by atoms with E-state index in [1.54, 1.807) is 36.2 Å². The Labute approximate surface area is 165 Å². The first-order chi connectivity index (χ1) is 13.9. The molecule has 2 aromatic carbocycles. The van der Waals surface area contributed by atoms with Crippen molar-refractivity contribution in [1.29, 1.82) is 0 Å². The number of benzene rings is 2. The van der Waals surface area contributed by atoms with E-state index in [9.17, 15) is 18.0 Å². The van der Waals surface area contributed by atoms with Crippen molar-refractivity contribution in [2.45, 2.75) is 12.7 Å². The standard InChI is InChI=1S/C20H20F3N3O3/c1-28-9-7-24-19(27)14-5-6-18-15(11-14)13-26(25-18)8-10-29-17-4-2-3-16(12-17)20(21,22)23/h2-6,11-13H,7-10H2,1H3,(H,24,27). The van der Waals surface area contributed by atoms with Crippen molar-refractivity contribution in [3.8, 4) is 5.75 Å². The molecule has 3 rings (SSSR count). The van der Waals surface area contributed by atoms with Gasteiger partial charge in [0.25, 0.3) is 5.91 Å². The van der Waals surface area contributed by atoms with Crippen LogP contribution >= 0.6 is 0 Å². The van der Waals surface area contributed by atoms with Crippen molar-refractivity contribution in [2.24, 2.45) is 0 Å². The number of aromatic nitrogens is 2. The molecule has 0 aliphatic carbocycles. The number of carbonyl (C=O) groups is 1.